The van der Waals surface area contributed by atoms with E-state index in [1.165, 1.54) is 12.0 Å². The highest BCUT2D eigenvalue weighted by atomic mass is 16.5. The maximum atomic E-state index is 13.1. The molecule has 1 saturated carbocycles. The first kappa shape index (κ1) is 23.8. The zero-order valence-corrected chi connectivity index (χ0v) is 19.2. The summed E-state index contributed by atoms with van der Waals surface area (Å²) in [7, 11) is 1.51. The number of amides is 2. The van der Waals surface area contributed by atoms with Crippen LogP contribution in [0.25, 0.3) is 11.1 Å². The van der Waals surface area contributed by atoms with Gasteiger partial charge in [-0.3, -0.25) is 9.59 Å². The molecule has 0 bridgehead atoms. The number of ether oxygens (including phenoxy) is 2. The Morgan fingerprint density at radius 2 is 1.68 bits per heavy atom. The third kappa shape index (κ3) is 5.56. The summed E-state index contributed by atoms with van der Waals surface area (Å²) in [6.45, 7) is 0.350. The predicted octanol–water partition coefficient (Wildman–Crippen LogP) is 3.25. The summed E-state index contributed by atoms with van der Waals surface area (Å²) in [5.41, 5.74) is 4.45. The Balaban J connectivity index is 1.42. The summed E-state index contributed by atoms with van der Waals surface area (Å²) in [6.07, 6.45) is 1.47. The number of carboxylic acid groups (broad SMARTS) is 1. The molecule has 0 saturated heterocycles. The molecule has 2 aromatic carbocycles. The van der Waals surface area contributed by atoms with Gasteiger partial charge in [0.1, 0.15) is 19.2 Å². The number of nitrogens with zero attached hydrogens (tertiary/aromatic N) is 1. The van der Waals surface area contributed by atoms with Crippen LogP contribution < -0.4 is 5.32 Å². The summed E-state index contributed by atoms with van der Waals surface area (Å²) >= 11 is 0. The number of carboxylic acids is 1. The van der Waals surface area contributed by atoms with Gasteiger partial charge >= 0.3 is 12.1 Å². The maximum absolute atomic E-state index is 13.1. The quantitative estimate of drug-likeness (QED) is 0.527. The van der Waals surface area contributed by atoms with Crippen molar-refractivity contribution < 1.29 is 29.0 Å². The molecule has 0 aliphatic heterocycles. The van der Waals surface area contributed by atoms with Crippen LogP contribution in [0.5, 0.6) is 0 Å². The number of rotatable bonds is 11. The Labute approximate surface area is 198 Å². The summed E-state index contributed by atoms with van der Waals surface area (Å²) in [5, 5.41) is 11.9. The molecule has 2 aliphatic carbocycles. The average Bonchev–Trinajstić information content (AvgIpc) is 3.59. The fraction of sp³-hybridized carbons (Fsp3) is 0.423. The predicted molar refractivity (Wildman–Crippen MR) is 125 cm³/mol. The van der Waals surface area contributed by atoms with Crippen LogP contribution in [0, 0.1) is 5.92 Å². The summed E-state index contributed by atoms with van der Waals surface area (Å²) in [5.74, 6) is -1.29. The Bertz CT molecular complexity index is 1010. The van der Waals surface area contributed by atoms with Crippen LogP contribution in [0.15, 0.2) is 48.5 Å². The minimum absolute atomic E-state index is 0.0929. The fourth-order valence-corrected chi connectivity index (χ4v) is 4.50. The van der Waals surface area contributed by atoms with Gasteiger partial charge in [0.25, 0.3) is 0 Å². The first-order valence-corrected chi connectivity index (χ1v) is 11.6. The molecule has 2 N–H and O–H groups in total. The Morgan fingerprint density at radius 1 is 1.06 bits per heavy atom. The molecule has 8 nitrogen and oxygen atoms in total. The van der Waals surface area contributed by atoms with Gasteiger partial charge in [-0.1, -0.05) is 48.5 Å². The molecule has 2 aliphatic rings. The number of fused-ring (bicyclic) bond motifs is 3. The number of aliphatic carboxylic acids is 1. The standard InChI is InChI=1S/C26H30N2O6/c1-33-13-12-23(25(31)28(15-24(29)30)14-17-10-11-17)27-26(32)34-16-22-20-8-4-2-6-18(20)19-7-3-5-9-21(19)22/h2-9,17,22-23H,10-16H2,1H3,(H,27,32)(H,29,30). The molecule has 1 atom stereocenters. The van der Waals surface area contributed by atoms with Crippen molar-refractivity contribution in [3.05, 3.63) is 59.7 Å². The van der Waals surface area contributed by atoms with Gasteiger partial charge < -0.3 is 24.8 Å². The molecule has 0 aromatic heterocycles. The average molecular weight is 467 g/mol. The lowest BCUT2D eigenvalue weighted by Gasteiger charge is -2.26. The number of alkyl carbamates (subject to hydrolysis) is 1. The third-order valence-electron chi connectivity index (χ3n) is 6.36. The smallest absolute Gasteiger partial charge is 0.407 e. The molecule has 2 amide bonds. The zero-order chi connectivity index (χ0) is 24.1. The SMILES string of the molecule is COCCC(NC(=O)OCC1c2ccccc2-c2ccccc21)C(=O)N(CC(=O)O)CC1CC1. The second-order valence-electron chi connectivity index (χ2n) is 8.86. The second-order valence-corrected chi connectivity index (χ2v) is 8.86. The normalized spacial score (nSPS) is 15.2. The zero-order valence-electron chi connectivity index (χ0n) is 19.2. The highest BCUT2D eigenvalue weighted by Gasteiger charge is 2.33. The number of hydrogen-bond donors (Lipinski definition) is 2. The van der Waals surface area contributed by atoms with Gasteiger partial charge in [-0.2, -0.15) is 0 Å². The topological polar surface area (TPSA) is 105 Å². The molecule has 0 radical (unpaired) electrons. The van der Waals surface area contributed by atoms with Crippen molar-refractivity contribution in [3.63, 3.8) is 0 Å². The third-order valence-corrected chi connectivity index (χ3v) is 6.36. The van der Waals surface area contributed by atoms with Crippen molar-refractivity contribution in [2.75, 3.05) is 33.4 Å². The van der Waals surface area contributed by atoms with E-state index in [9.17, 15) is 19.5 Å². The Hall–Kier alpha value is -3.39. The number of nitrogens with one attached hydrogen (secondary N) is 1. The van der Waals surface area contributed by atoms with Crippen molar-refractivity contribution in [2.45, 2.75) is 31.2 Å². The van der Waals surface area contributed by atoms with Crippen LogP contribution in [0.2, 0.25) is 0 Å². The number of benzene rings is 2. The van der Waals surface area contributed by atoms with Crippen molar-refractivity contribution in [1.82, 2.24) is 10.2 Å². The molecule has 34 heavy (non-hydrogen) atoms. The molecule has 2 aromatic rings. The first-order valence-electron chi connectivity index (χ1n) is 11.6. The summed E-state index contributed by atoms with van der Waals surface area (Å²) in [6, 6.07) is 15.2. The number of methoxy groups -OCH3 is 1. The Morgan fingerprint density at radius 3 is 2.24 bits per heavy atom. The number of hydrogen-bond acceptors (Lipinski definition) is 5. The van der Waals surface area contributed by atoms with Crippen molar-refractivity contribution in [3.8, 4) is 11.1 Å². The van der Waals surface area contributed by atoms with Crippen LogP contribution in [0.1, 0.15) is 36.3 Å². The van der Waals surface area contributed by atoms with Gasteiger partial charge in [0, 0.05) is 32.6 Å². The van der Waals surface area contributed by atoms with Crippen LogP contribution in [0.4, 0.5) is 4.79 Å². The van der Waals surface area contributed by atoms with E-state index in [0.717, 1.165) is 35.1 Å². The van der Waals surface area contributed by atoms with E-state index >= 15 is 0 Å². The molecular formula is C26H30N2O6. The highest BCUT2D eigenvalue weighted by Crippen LogP contribution is 2.44. The highest BCUT2D eigenvalue weighted by molar-refractivity contribution is 5.88. The van der Waals surface area contributed by atoms with Crippen molar-refractivity contribution in [2.24, 2.45) is 5.92 Å². The molecule has 1 fully saturated rings. The van der Waals surface area contributed by atoms with Gasteiger partial charge in [0.2, 0.25) is 5.91 Å². The molecule has 8 heteroatoms. The van der Waals surface area contributed by atoms with E-state index in [0.29, 0.717) is 12.5 Å². The van der Waals surface area contributed by atoms with Crippen LogP contribution in [-0.2, 0) is 19.1 Å². The molecular weight excluding hydrogens is 436 g/mol. The van der Waals surface area contributed by atoms with Gasteiger partial charge in [-0.15, -0.1) is 0 Å². The van der Waals surface area contributed by atoms with E-state index in [2.05, 4.69) is 17.4 Å². The maximum Gasteiger partial charge on any atom is 0.407 e. The van der Waals surface area contributed by atoms with Crippen molar-refractivity contribution >= 4 is 18.0 Å². The second kappa shape index (κ2) is 10.7. The van der Waals surface area contributed by atoms with E-state index in [4.69, 9.17) is 9.47 Å². The van der Waals surface area contributed by atoms with E-state index in [1.807, 2.05) is 36.4 Å². The van der Waals surface area contributed by atoms with Gasteiger partial charge in [-0.05, 0) is 41.0 Å². The lowest BCUT2D eigenvalue weighted by atomic mass is 9.98. The van der Waals surface area contributed by atoms with Crippen LogP contribution in [0.3, 0.4) is 0 Å². The lowest BCUT2D eigenvalue weighted by molar-refractivity contribution is -0.145. The van der Waals surface area contributed by atoms with Gasteiger partial charge in [0.15, 0.2) is 0 Å². The van der Waals surface area contributed by atoms with E-state index < -0.39 is 30.6 Å². The lowest BCUT2D eigenvalue weighted by Crippen LogP contribution is -2.51. The first-order chi connectivity index (χ1) is 16.5. The van der Waals surface area contributed by atoms with Gasteiger partial charge in [0.05, 0.1) is 0 Å². The van der Waals surface area contributed by atoms with Crippen LogP contribution >= 0.6 is 0 Å². The molecule has 180 valence electrons. The minimum Gasteiger partial charge on any atom is -0.480 e. The number of carbonyl (C=O) groups excluding carboxylic acids is 2. The molecule has 0 heterocycles. The van der Waals surface area contributed by atoms with E-state index in [-0.39, 0.29) is 25.6 Å². The van der Waals surface area contributed by atoms with Crippen LogP contribution in [-0.4, -0.2) is 67.4 Å². The monoisotopic (exact) mass is 466 g/mol. The Kier molecular flexibility index (Phi) is 7.47. The van der Waals surface area contributed by atoms with Crippen molar-refractivity contribution in [1.29, 1.82) is 0 Å². The molecule has 1 unspecified atom stereocenters. The van der Waals surface area contributed by atoms with Gasteiger partial charge in [-0.25, -0.2) is 4.79 Å². The summed E-state index contributed by atoms with van der Waals surface area (Å²) < 4.78 is 10.7. The largest absolute Gasteiger partial charge is 0.480 e. The molecule has 4 rings (SSSR count). The minimum atomic E-state index is -1.08. The molecule has 0 spiro atoms. The number of carbonyl (C=O) groups is 3. The summed E-state index contributed by atoms with van der Waals surface area (Å²) in [4.78, 5) is 38.4. The fourth-order valence-electron chi connectivity index (χ4n) is 4.50. The van der Waals surface area contributed by atoms with E-state index in [1.54, 1.807) is 0 Å².